The molecule has 0 N–H and O–H groups in total. The van der Waals surface area contributed by atoms with Crippen molar-refractivity contribution in [2.75, 3.05) is 0 Å². The van der Waals surface area contributed by atoms with Crippen LogP contribution in [0, 0.1) is 11.3 Å². The number of nitriles is 1. The molecule has 0 radical (unpaired) electrons. The second-order valence-corrected chi connectivity index (χ2v) is 2.41. The van der Waals surface area contributed by atoms with Gasteiger partial charge in [0.25, 0.3) is 0 Å². The minimum absolute atomic E-state index is 0.564. The summed E-state index contributed by atoms with van der Waals surface area (Å²) in [6.07, 6.45) is 0. The Bertz CT molecular complexity index is 45.3. The van der Waals surface area contributed by atoms with Gasteiger partial charge in [-0.05, 0) is 0 Å². The second kappa shape index (κ2) is 4.01. The van der Waals surface area contributed by atoms with E-state index in [1.165, 1.54) is 0 Å². The predicted molar refractivity (Wildman–Crippen MR) is 22.0 cm³/mol. The number of hydrogen-bond acceptors (Lipinski definition) is 1. The van der Waals surface area contributed by atoms with Crippen molar-refractivity contribution in [1.82, 2.24) is 0 Å². The fourth-order valence-corrected chi connectivity index (χ4v) is 0.335. The van der Waals surface area contributed by atoms with E-state index in [0.29, 0.717) is 15.0 Å². The van der Waals surface area contributed by atoms with Crippen LogP contribution in [-0.4, -0.2) is 15.0 Å². The molecule has 0 heterocycles. The standard InChI is InChI=1S/C3H5NSe/c1-5-3-2-4/h3H2,1H3. The van der Waals surface area contributed by atoms with Gasteiger partial charge in [-0.15, -0.1) is 0 Å². The van der Waals surface area contributed by atoms with Crippen molar-refractivity contribution in [3.05, 3.63) is 0 Å². The summed E-state index contributed by atoms with van der Waals surface area (Å²) < 4.78 is 0. The van der Waals surface area contributed by atoms with Gasteiger partial charge in [0.05, 0.1) is 0 Å². The van der Waals surface area contributed by atoms with Crippen LogP contribution in [0.5, 0.6) is 0 Å². The van der Waals surface area contributed by atoms with E-state index in [1.54, 1.807) is 0 Å². The Hall–Kier alpha value is 0.00948. The molecule has 0 aliphatic heterocycles. The molecule has 0 saturated carbocycles. The van der Waals surface area contributed by atoms with Crippen LogP contribution in [0.2, 0.25) is 11.1 Å². The van der Waals surface area contributed by atoms with Gasteiger partial charge in [-0.3, -0.25) is 0 Å². The first-order valence-electron chi connectivity index (χ1n) is 1.27. The van der Waals surface area contributed by atoms with Crippen LogP contribution in [0.25, 0.3) is 0 Å². The van der Waals surface area contributed by atoms with Crippen molar-refractivity contribution in [3.8, 4) is 6.07 Å². The monoisotopic (exact) mass is 135 g/mol. The van der Waals surface area contributed by atoms with Gasteiger partial charge >= 0.3 is 37.4 Å². The summed E-state index contributed by atoms with van der Waals surface area (Å²) in [6, 6.07) is 2.05. The van der Waals surface area contributed by atoms with Crippen LogP contribution in [-0.2, 0) is 0 Å². The van der Waals surface area contributed by atoms with Crippen LogP contribution >= 0.6 is 0 Å². The van der Waals surface area contributed by atoms with Gasteiger partial charge in [0, 0.05) is 0 Å². The summed E-state index contributed by atoms with van der Waals surface area (Å²) in [5.74, 6) is 2.05. The van der Waals surface area contributed by atoms with Crippen LogP contribution in [0.3, 0.4) is 0 Å². The Kier molecular flexibility index (Phi) is 4.02. The van der Waals surface area contributed by atoms with Crippen LogP contribution in [0.1, 0.15) is 0 Å². The molecule has 0 bridgehead atoms. The number of rotatable bonds is 1. The van der Waals surface area contributed by atoms with E-state index < -0.39 is 0 Å². The van der Waals surface area contributed by atoms with E-state index in [9.17, 15) is 0 Å². The van der Waals surface area contributed by atoms with Crippen molar-refractivity contribution in [1.29, 1.82) is 5.26 Å². The molecule has 28 valence electrons. The first-order valence-corrected chi connectivity index (χ1v) is 4.20. The molecule has 0 aromatic heterocycles. The van der Waals surface area contributed by atoms with Crippen LogP contribution in [0.4, 0.5) is 0 Å². The second-order valence-electron chi connectivity index (χ2n) is 0.591. The molecule has 0 unspecified atom stereocenters. The molecule has 0 aliphatic carbocycles. The zero-order valence-electron chi connectivity index (χ0n) is 3.06. The minimum atomic E-state index is 0.564. The Morgan fingerprint density at radius 1 is 2.00 bits per heavy atom. The summed E-state index contributed by atoms with van der Waals surface area (Å²) in [5.41, 5.74) is 0. The molecular formula is C3H5NSe. The van der Waals surface area contributed by atoms with Crippen LogP contribution in [0.15, 0.2) is 0 Å². The molecule has 0 aromatic carbocycles. The van der Waals surface area contributed by atoms with E-state index in [1.807, 2.05) is 6.07 Å². The predicted octanol–water partition coefficient (Wildman–Crippen LogP) is 0.681. The molecule has 0 saturated heterocycles. The van der Waals surface area contributed by atoms with E-state index in [0.717, 1.165) is 5.32 Å². The first kappa shape index (κ1) is 5.01. The van der Waals surface area contributed by atoms with E-state index in [-0.39, 0.29) is 0 Å². The van der Waals surface area contributed by atoms with Gasteiger partial charge in [-0.25, -0.2) is 0 Å². The van der Waals surface area contributed by atoms with E-state index >= 15 is 0 Å². The summed E-state index contributed by atoms with van der Waals surface area (Å²) in [7, 11) is 0. The summed E-state index contributed by atoms with van der Waals surface area (Å²) in [5, 5.41) is 8.59. The Morgan fingerprint density at radius 3 is 2.60 bits per heavy atom. The molecule has 0 aliphatic rings. The summed E-state index contributed by atoms with van der Waals surface area (Å²) >= 11 is 0.564. The molecular weight excluding hydrogens is 129 g/mol. The summed E-state index contributed by atoms with van der Waals surface area (Å²) in [4.78, 5) is 0. The SMILES string of the molecule is C[Se]CC#N. The van der Waals surface area contributed by atoms with Crippen LogP contribution < -0.4 is 0 Å². The normalized spacial score (nSPS) is 6.40. The Balaban J connectivity index is 2.48. The fourth-order valence-electron chi connectivity index (χ4n) is 0.0645. The molecule has 0 atom stereocenters. The average molecular weight is 134 g/mol. The molecule has 1 nitrogen and oxygen atoms in total. The third-order valence-electron chi connectivity index (χ3n) is 0.209. The molecule has 2 heteroatoms. The Morgan fingerprint density at radius 2 is 2.60 bits per heavy atom. The van der Waals surface area contributed by atoms with Gasteiger partial charge < -0.3 is 0 Å². The zero-order valence-corrected chi connectivity index (χ0v) is 4.78. The van der Waals surface area contributed by atoms with Gasteiger partial charge in [0.15, 0.2) is 0 Å². The van der Waals surface area contributed by atoms with Crippen molar-refractivity contribution in [3.63, 3.8) is 0 Å². The molecule has 0 spiro atoms. The van der Waals surface area contributed by atoms with Gasteiger partial charge in [-0.1, -0.05) is 0 Å². The van der Waals surface area contributed by atoms with Gasteiger partial charge in [0.1, 0.15) is 0 Å². The maximum atomic E-state index is 7.83. The number of hydrogen-bond donors (Lipinski definition) is 0. The van der Waals surface area contributed by atoms with Crippen molar-refractivity contribution >= 4 is 15.0 Å². The third kappa shape index (κ3) is 4.01. The molecule has 5 heavy (non-hydrogen) atoms. The first-order chi connectivity index (χ1) is 2.41. The van der Waals surface area contributed by atoms with E-state index in [4.69, 9.17) is 5.26 Å². The zero-order chi connectivity index (χ0) is 4.12. The average Bonchev–Trinajstić information content (AvgIpc) is 1.41. The molecule has 0 rings (SSSR count). The van der Waals surface area contributed by atoms with Gasteiger partial charge in [-0.2, -0.15) is 0 Å². The molecule has 0 fully saturated rings. The number of nitrogens with zero attached hydrogens (tertiary/aromatic N) is 1. The molecule has 0 amide bonds. The van der Waals surface area contributed by atoms with E-state index in [2.05, 4.69) is 5.82 Å². The van der Waals surface area contributed by atoms with Crippen molar-refractivity contribution in [2.24, 2.45) is 0 Å². The quantitative estimate of drug-likeness (QED) is 0.484. The maximum absolute atomic E-state index is 7.83. The Labute approximate surface area is 38.1 Å². The van der Waals surface area contributed by atoms with Crippen molar-refractivity contribution in [2.45, 2.75) is 11.1 Å². The topological polar surface area (TPSA) is 23.8 Å². The summed E-state index contributed by atoms with van der Waals surface area (Å²) in [6.45, 7) is 0. The van der Waals surface area contributed by atoms with Crippen molar-refractivity contribution < 1.29 is 0 Å². The fraction of sp³-hybridized carbons (Fsp3) is 0.667. The molecule has 0 aromatic rings. The van der Waals surface area contributed by atoms with Gasteiger partial charge in [0.2, 0.25) is 0 Å². The third-order valence-corrected chi connectivity index (χ3v) is 1.09.